The molecule has 7 nitrogen and oxygen atoms in total. The fourth-order valence-corrected chi connectivity index (χ4v) is 12.1. The normalized spacial score (nSPS) is 25.5. The molecule has 4 aliphatic rings. The van der Waals surface area contributed by atoms with Crippen LogP contribution < -0.4 is 0 Å². The van der Waals surface area contributed by atoms with Gasteiger partial charge >= 0.3 is 5.97 Å². The van der Waals surface area contributed by atoms with Crippen LogP contribution >= 0.6 is 0 Å². The van der Waals surface area contributed by atoms with Gasteiger partial charge in [0.25, 0.3) is 0 Å². The summed E-state index contributed by atoms with van der Waals surface area (Å²) in [5.41, 5.74) is 1.83. The Labute approximate surface area is 395 Å². The molecule has 0 radical (unpaired) electrons. The summed E-state index contributed by atoms with van der Waals surface area (Å²) in [6.07, 6.45) is 42.4. The number of morpholine rings is 1. The molecular weight excluding hydrogens is 795 g/mol. The molecule has 1 aliphatic heterocycles. The Morgan fingerprint density at radius 3 is 2.27 bits per heavy atom. The summed E-state index contributed by atoms with van der Waals surface area (Å²) in [6, 6.07) is 0. The minimum absolute atomic E-state index is 0.0156. The van der Waals surface area contributed by atoms with E-state index >= 15 is 0 Å². The molecule has 5 unspecified atom stereocenters. The van der Waals surface area contributed by atoms with Crippen molar-refractivity contribution in [2.75, 3.05) is 65.9 Å². The van der Waals surface area contributed by atoms with Crippen LogP contribution in [-0.4, -0.2) is 89.0 Å². The second kappa shape index (κ2) is 33.3. The molecule has 0 aromatic carbocycles. The zero-order valence-electron chi connectivity index (χ0n) is 42.9. The lowest BCUT2D eigenvalue weighted by atomic mass is 9.51. The zero-order chi connectivity index (χ0) is 45.7. The van der Waals surface area contributed by atoms with Crippen molar-refractivity contribution in [2.24, 2.45) is 40.9 Å². The average Bonchev–Trinajstić information content (AvgIpc) is 3.29. The fourth-order valence-electron chi connectivity index (χ4n) is 12.1. The van der Waals surface area contributed by atoms with Crippen molar-refractivity contribution in [3.8, 4) is 0 Å². The molecule has 0 aromatic heterocycles. The van der Waals surface area contributed by atoms with Gasteiger partial charge in [0.1, 0.15) is 12.7 Å². The van der Waals surface area contributed by atoms with E-state index in [0.717, 1.165) is 101 Å². The van der Waals surface area contributed by atoms with Crippen molar-refractivity contribution in [1.82, 2.24) is 4.90 Å². The third kappa shape index (κ3) is 21.4. The van der Waals surface area contributed by atoms with Gasteiger partial charge in [-0.15, -0.1) is 0 Å². The van der Waals surface area contributed by atoms with E-state index in [1.165, 1.54) is 148 Å². The van der Waals surface area contributed by atoms with Crippen LogP contribution in [0.3, 0.4) is 0 Å². The lowest BCUT2D eigenvalue weighted by Gasteiger charge is -2.54. The predicted octanol–water partition coefficient (Wildman–Crippen LogP) is 14.5. The summed E-state index contributed by atoms with van der Waals surface area (Å²) in [7, 11) is 0. The van der Waals surface area contributed by atoms with Crippen LogP contribution in [0.4, 0.5) is 0 Å². The van der Waals surface area contributed by atoms with Crippen LogP contribution in [0, 0.1) is 40.9 Å². The van der Waals surface area contributed by atoms with Crippen molar-refractivity contribution in [1.29, 1.82) is 0 Å². The highest BCUT2D eigenvalue weighted by Crippen LogP contribution is 2.59. The minimum Gasteiger partial charge on any atom is -0.460 e. The van der Waals surface area contributed by atoms with Crippen LogP contribution in [0.5, 0.6) is 0 Å². The summed E-state index contributed by atoms with van der Waals surface area (Å²) >= 11 is 0. The van der Waals surface area contributed by atoms with Crippen LogP contribution in [-0.2, 0) is 28.5 Å². The smallest absolute Gasteiger partial charge is 0.332 e. The van der Waals surface area contributed by atoms with Crippen molar-refractivity contribution in [3.05, 3.63) is 23.8 Å². The average molecular weight is 898 g/mol. The van der Waals surface area contributed by atoms with Crippen molar-refractivity contribution in [3.63, 3.8) is 0 Å². The maximum Gasteiger partial charge on any atom is 0.332 e. The first-order valence-corrected chi connectivity index (χ1v) is 27.8. The molecule has 64 heavy (non-hydrogen) atoms. The third-order valence-corrected chi connectivity index (χ3v) is 16.3. The minimum atomic E-state index is -0.242. The van der Waals surface area contributed by atoms with Gasteiger partial charge in [-0.25, -0.2) is 4.79 Å². The standard InChI is InChI=1S/C57H103NO6/c1-7-9-10-11-12-13-14-15-16-17-18-19-20-21-22-23-38-61-45-53(44-58-36-39-60-40-37-58)63-42-41-62-46-56(59)64-52-34-35-57(6)51(43-52)32-33-54-50(28-25-29-55(54)57)31-30-49(8-2)48(5)27-24-26-47(3)4/h15-16,32,47-50,52-55H,7-14,17-31,33-46H2,1-6H3/b16-15-/t48-,49-,50?,52?,53?,54?,55?,57+/m1/s1. The number of allylic oxidation sites excluding steroid dienone is 3. The SMILES string of the molecule is CCCCCCCC/C=C\CCCCCCCCOCC(CN1CCOCC1)OCCOCC(=O)OC1CC[C@@]2(C)C(=CCC3C(CC[C@@H](CC)[C@H](C)CCCC(C)C)CCCC32)C1. The van der Waals surface area contributed by atoms with Crippen molar-refractivity contribution >= 4 is 5.97 Å². The second-order valence-electron chi connectivity index (χ2n) is 21.7. The zero-order valence-corrected chi connectivity index (χ0v) is 42.9. The highest BCUT2D eigenvalue weighted by Gasteiger charge is 2.50. The van der Waals surface area contributed by atoms with Crippen molar-refractivity contribution < 1.29 is 28.5 Å². The first kappa shape index (κ1) is 55.3. The Bertz CT molecular complexity index is 1250. The quantitative estimate of drug-likeness (QED) is 0.0353. The van der Waals surface area contributed by atoms with Gasteiger partial charge in [-0.2, -0.15) is 0 Å². The molecule has 0 amide bonds. The van der Waals surface area contributed by atoms with Gasteiger partial charge in [-0.05, 0) is 112 Å². The molecule has 3 aliphatic carbocycles. The monoisotopic (exact) mass is 898 g/mol. The van der Waals surface area contributed by atoms with E-state index in [2.05, 4.69) is 64.7 Å². The number of fused-ring (bicyclic) bond motifs is 3. The molecule has 0 aromatic rings. The van der Waals surface area contributed by atoms with E-state index in [9.17, 15) is 4.79 Å². The largest absolute Gasteiger partial charge is 0.460 e. The highest BCUT2D eigenvalue weighted by atomic mass is 16.6. The fraction of sp³-hybridized carbons (Fsp3) is 0.912. The van der Waals surface area contributed by atoms with E-state index in [1.807, 2.05) is 0 Å². The molecule has 7 heteroatoms. The third-order valence-electron chi connectivity index (χ3n) is 16.3. The number of hydrogen-bond acceptors (Lipinski definition) is 7. The number of carbonyl (C=O) groups excluding carboxylic acids is 1. The summed E-state index contributed by atoms with van der Waals surface area (Å²) < 4.78 is 29.9. The van der Waals surface area contributed by atoms with Gasteiger partial charge in [0.05, 0.1) is 39.1 Å². The molecule has 0 N–H and O–H groups in total. The number of ether oxygens (including phenoxy) is 5. The van der Waals surface area contributed by atoms with Gasteiger partial charge in [0, 0.05) is 32.7 Å². The van der Waals surface area contributed by atoms with Crippen LogP contribution in [0.25, 0.3) is 0 Å². The number of hydrogen-bond donors (Lipinski definition) is 0. The lowest BCUT2D eigenvalue weighted by Crippen LogP contribution is -2.46. The number of unbranched alkanes of at least 4 members (excludes halogenated alkanes) is 12. The molecule has 1 saturated heterocycles. The van der Waals surface area contributed by atoms with E-state index in [-0.39, 0.29) is 30.2 Å². The number of nitrogens with zero attached hydrogens (tertiary/aromatic N) is 1. The van der Waals surface area contributed by atoms with Crippen LogP contribution in [0.15, 0.2) is 23.8 Å². The highest BCUT2D eigenvalue weighted by molar-refractivity contribution is 5.71. The Kier molecular flexibility index (Phi) is 28.8. The molecule has 4 rings (SSSR count). The van der Waals surface area contributed by atoms with Crippen LogP contribution in [0.1, 0.15) is 215 Å². The molecule has 0 bridgehead atoms. The topological polar surface area (TPSA) is 66.5 Å². The van der Waals surface area contributed by atoms with E-state index in [0.29, 0.717) is 19.8 Å². The van der Waals surface area contributed by atoms with Gasteiger partial charge in [0.15, 0.2) is 0 Å². The number of esters is 1. The van der Waals surface area contributed by atoms with E-state index in [4.69, 9.17) is 23.7 Å². The van der Waals surface area contributed by atoms with Gasteiger partial charge in [-0.3, -0.25) is 4.90 Å². The molecular formula is C57H103NO6. The van der Waals surface area contributed by atoms with E-state index < -0.39 is 0 Å². The number of rotatable bonds is 36. The molecule has 2 saturated carbocycles. The molecule has 1 heterocycles. The summed E-state index contributed by atoms with van der Waals surface area (Å²) in [6.45, 7) is 20.9. The van der Waals surface area contributed by atoms with Gasteiger partial charge in [-0.1, -0.05) is 162 Å². The maximum atomic E-state index is 13.0. The Morgan fingerprint density at radius 1 is 0.828 bits per heavy atom. The molecule has 3 fully saturated rings. The second-order valence-corrected chi connectivity index (χ2v) is 21.7. The van der Waals surface area contributed by atoms with Crippen molar-refractivity contribution in [2.45, 2.75) is 227 Å². The van der Waals surface area contributed by atoms with E-state index in [1.54, 1.807) is 5.57 Å². The number of carbonyl (C=O) groups is 1. The lowest BCUT2D eigenvalue weighted by molar-refractivity contribution is -0.157. The first-order chi connectivity index (χ1) is 31.2. The Hall–Kier alpha value is -1.25. The molecule has 0 spiro atoms. The molecule has 8 atom stereocenters. The Balaban J connectivity index is 1.07. The van der Waals surface area contributed by atoms with Gasteiger partial charge < -0.3 is 23.7 Å². The summed E-state index contributed by atoms with van der Waals surface area (Å²) in [4.78, 5) is 15.4. The van der Waals surface area contributed by atoms with Crippen LogP contribution in [0.2, 0.25) is 0 Å². The van der Waals surface area contributed by atoms with Gasteiger partial charge in [0.2, 0.25) is 0 Å². The summed E-state index contributed by atoms with van der Waals surface area (Å²) in [5.74, 6) is 4.78. The molecule has 372 valence electrons. The summed E-state index contributed by atoms with van der Waals surface area (Å²) in [5, 5.41) is 0. The predicted molar refractivity (Wildman–Crippen MR) is 268 cm³/mol. The first-order valence-electron chi connectivity index (χ1n) is 27.8. The Morgan fingerprint density at radius 2 is 1.55 bits per heavy atom. The maximum absolute atomic E-state index is 13.0.